The Labute approximate surface area is 119 Å². The van der Waals surface area contributed by atoms with E-state index >= 15 is 0 Å². The van der Waals surface area contributed by atoms with Crippen LogP contribution in [0.4, 0.5) is 0 Å². The molecule has 1 aromatic heterocycles. The first kappa shape index (κ1) is 14.0. The zero-order valence-electron chi connectivity index (χ0n) is 11.5. The molecule has 2 aromatic rings. The van der Waals surface area contributed by atoms with Gasteiger partial charge in [0.25, 0.3) is 0 Å². The van der Waals surface area contributed by atoms with Gasteiger partial charge in [0.2, 0.25) is 0 Å². The van der Waals surface area contributed by atoms with Gasteiger partial charge in [0.15, 0.2) is 0 Å². The topological polar surface area (TPSA) is 57.9 Å². The summed E-state index contributed by atoms with van der Waals surface area (Å²) in [5, 5.41) is 12.3. The van der Waals surface area contributed by atoms with Crippen LogP contribution in [0.3, 0.4) is 0 Å². The molecule has 0 spiro atoms. The van der Waals surface area contributed by atoms with Crippen LogP contribution in [0.5, 0.6) is 5.75 Å². The van der Waals surface area contributed by atoms with Gasteiger partial charge in [-0.1, -0.05) is 24.3 Å². The van der Waals surface area contributed by atoms with Gasteiger partial charge in [0.1, 0.15) is 17.5 Å². The third kappa shape index (κ3) is 3.56. The van der Waals surface area contributed by atoms with E-state index in [9.17, 15) is 0 Å². The summed E-state index contributed by atoms with van der Waals surface area (Å²) in [6, 6.07) is 13.9. The van der Waals surface area contributed by atoms with Gasteiger partial charge in [-0.3, -0.25) is 0 Å². The molecule has 0 atom stereocenters. The number of aromatic nitrogens is 1. The first-order valence-electron chi connectivity index (χ1n) is 6.51. The maximum absolute atomic E-state index is 8.96. The number of hydrogen-bond acceptors (Lipinski definition) is 4. The molecule has 0 radical (unpaired) electrons. The summed E-state index contributed by atoms with van der Waals surface area (Å²) in [4.78, 5) is 4.04. The molecule has 20 heavy (non-hydrogen) atoms. The maximum atomic E-state index is 8.96. The van der Waals surface area contributed by atoms with E-state index in [1.54, 1.807) is 13.3 Å². The van der Waals surface area contributed by atoms with Gasteiger partial charge in [-0.25, -0.2) is 4.98 Å². The first-order valence-corrected chi connectivity index (χ1v) is 6.51. The summed E-state index contributed by atoms with van der Waals surface area (Å²) >= 11 is 0. The van der Waals surface area contributed by atoms with Crippen molar-refractivity contribution in [3.63, 3.8) is 0 Å². The fourth-order valence-corrected chi connectivity index (χ4v) is 2.04. The lowest BCUT2D eigenvalue weighted by Crippen LogP contribution is -2.17. The van der Waals surface area contributed by atoms with Crippen molar-refractivity contribution in [3.8, 4) is 11.8 Å². The van der Waals surface area contributed by atoms with Crippen LogP contribution >= 0.6 is 0 Å². The third-order valence-corrected chi connectivity index (χ3v) is 3.08. The zero-order chi connectivity index (χ0) is 14.2. The number of methoxy groups -OCH3 is 1. The van der Waals surface area contributed by atoms with E-state index in [2.05, 4.69) is 22.4 Å². The van der Waals surface area contributed by atoms with E-state index < -0.39 is 0 Å². The number of benzene rings is 1. The summed E-state index contributed by atoms with van der Waals surface area (Å²) in [6.45, 7) is 1.46. The molecule has 0 aliphatic heterocycles. The third-order valence-electron chi connectivity index (χ3n) is 3.08. The Balaban J connectivity index is 1.86. The van der Waals surface area contributed by atoms with Crippen LogP contribution in [0, 0.1) is 11.3 Å². The van der Waals surface area contributed by atoms with Crippen LogP contribution in [0.25, 0.3) is 0 Å². The largest absolute Gasteiger partial charge is 0.496 e. The standard InChI is InChI=1S/C16H17N3O/c1-20-16-7-3-2-5-13(16)8-10-18-12-14-6-4-9-19-15(14)11-17/h2-7,9,18H,8,10,12H2,1H3. The maximum Gasteiger partial charge on any atom is 0.144 e. The number of nitrogens with zero attached hydrogens (tertiary/aromatic N) is 2. The number of pyridine rings is 1. The fraction of sp³-hybridized carbons (Fsp3) is 0.250. The summed E-state index contributed by atoms with van der Waals surface area (Å²) < 4.78 is 5.32. The van der Waals surface area contributed by atoms with Crippen molar-refractivity contribution in [3.05, 3.63) is 59.4 Å². The van der Waals surface area contributed by atoms with Crippen molar-refractivity contribution in [1.82, 2.24) is 10.3 Å². The molecule has 1 aromatic carbocycles. The number of hydrogen-bond donors (Lipinski definition) is 1. The SMILES string of the molecule is COc1ccccc1CCNCc1cccnc1C#N. The monoisotopic (exact) mass is 267 g/mol. The summed E-state index contributed by atoms with van der Waals surface area (Å²) in [7, 11) is 1.68. The summed E-state index contributed by atoms with van der Waals surface area (Å²) in [5.41, 5.74) is 2.58. The van der Waals surface area contributed by atoms with Crippen molar-refractivity contribution in [2.24, 2.45) is 0 Å². The lowest BCUT2D eigenvalue weighted by Gasteiger charge is -2.09. The molecule has 0 bridgehead atoms. The highest BCUT2D eigenvalue weighted by Gasteiger charge is 2.03. The van der Waals surface area contributed by atoms with Gasteiger partial charge in [0.05, 0.1) is 7.11 Å². The normalized spacial score (nSPS) is 10.0. The van der Waals surface area contributed by atoms with Crippen LogP contribution in [-0.2, 0) is 13.0 Å². The van der Waals surface area contributed by atoms with E-state index in [0.29, 0.717) is 12.2 Å². The molecule has 0 saturated carbocycles. The molecular weight excluding hydrogens is 250 g/mol. The van der Waals surface area contributed by atoms with E-state index in [0.717, 1.165) is 24.3 Å². The van der Waals surface area contributed by atoms with Crippen molar-refractivity contribution in [2.75, 3.05) is 13.7 Å². The molecule has 1 N–H and O–H groups in total. The first-order chi connectivity index (χ1) is 9.85. The average molecular weight is 267 g/mol. The number of para-hydroxylation sites is 1. The Morgan fingerprint density at radius 3 is 2.80 bits per heavy atom. The number of nitrogens with one attached hydrogen (secondary N) is 1. The van der Waals surface area contributed by atoms with Gasteiger partial charge in [-0.2, -0.15) is 5.26 Å². The summed E-state index contributed by atoms with van der Waals surface area (Å²) in [6.07, 6.45) is 2.52. The Morgan fingerprint density at radius 2 is 2.00 bits per heavy atom. The quantitative estimate of drug-likeness (QED) is 0.816. The molecule has 102 valence electrons. The minimum Gasteiger partial charge on any atom is -0.496 e. The highest BCUT2D eigenvalue weighted by molar-refractivity contribution is 5.33. The second kappa shape index (κ2) is 7.27. The molecule has 0 amide bonds. The van der Waals surface area contributed by atoms with Crippen LogP contribution < -0.4 is 10.1 Å². The lowest BCUT2D eigenvalue weighted by atomic mass is 10.1. The zero-order valence-corrected chi connectivity index (χ0v) is 11.5. The number of ether oxygens (including phenoxy) is 1. The highest BCUT2D eigenvalue weighted by atomic mass is 16.5. The van der Waals surface area contributed by atoms with E-state index in [4.69, 9.17) is 10.00 Å². The van der Waals surface area contributed by atoms with Gasteiger partial charge in [-0.05, 0) is 30.7 Å². The van der Waals surface area contributed by atoms with Crippen molar-refractivity contribution >= 4 is 0 Å². The molecule has 4 nitrogen and oxygen atoms in total. The smallest absolute Gasteiger partial charge is 0.144 e. The molecule has 0 saturated heterocycles. The van der Waals surface area contributed by atoms with E-state index in [-0.39, 0.29) is 0 Å². The molecule has 0 aliphatic rings. The molecule has 0 unspecified atom stereocenters. The predicted octanol–water partition coefficient (Wildman–Crippen LogP) is 2.29. The second-order valence-corrected chi connectivity index (χ2v) is 4.36. The van der Waals surface area contributed by atoms with Crippen LogP contribution in [0.1, 0.15) is 16.8 Å². The van der Waals surface area contributed by atoms with Crippen molar-refractivity contribution in [2.45, 2.75) is 13.0 Å². The average Bonchev–Trinajstić information content (AvgIpc) is 2.52. The van der Waals surface area contributed by atoms with Crippen molar-refractivity contribution in [1.29, 1.82) is 5.26 Å². The molecule has 0 fully saturated rings. The Bertz CT molecular complexity index is 605. The molecule has 0 aliphatic carbocycles. The minimum atomic E-state index is 0.484. The highest BCUT2D eigenvalue weighted by Crippen LogP contribution is 2.17. The fourth-order valence-electron chi connectivity index (χ4n) is 2.04. The molecule has 1 heterocycles. The van der Waals surface area contributed by atoms with Gasteiger partial charge < -0.3 is 10.1 Å². The van der Waals surface area contributed by atoms with Crippen molar-refractivity contribution < 1.29 is 4.74 Å². The lowest BCUT2D eigenvalue weighted by molar-refractivity contribution is 0.409. The molecular formula is C16H17N3O. The van der Waals surface area contributed by atoms with E-state index in [1.807, 2.05) is 30.3 Å². The van der Waals surface area contributed by atoms with Gasteiger partial charge >= 0.3 is 0 Å². The van der Waals surface area contributed by atoms with Gasteiger partial charge in [-0.15, -0.1) is 0 Å². The minimum absolute atomic E-state index is 0.484. The van der Waals surface area contributed by atoms with E-state index in [1.165, 1.54) is 5.56 Å². The Morgan fingerprint density at radius 1 is 1.20 bits per heavy atom. The predicted molar refractivity (Wildman–Crippen MR) is 77.4 cm³/mol. The second-order valence-electron chi connectivity index (χ2n) is 4.36. The van der Waals surface area contributed by atoms with Crippen LogP contribution in [0.15, 0.2) is 42.6 Å². The molecule has 2 rings (SSSR count). The summed E-state index contributed by atoms with van der Waals surface area (Å²) in [5.74, 6) is 0.911. The Hall–Kier alpha value is -2.38. The van der Waals surface area contributed by atoms with Crippen LogP contribution in [-0.4, -0.2) is 18.6 Å². The number of nitriles is 1. The van der Waals surface area contributed by atoms with Gasteiger partial charge in [0, 0.05) is 18.3 Å². The number of rotatable bonds is 6. The Kier molecular flexibility index (Phi) is 5.10. The molecule has 4 heteroatoms. The van der Waals surface area contributed by atoms with Crippen LogP contribution in [0.2, 0.25) is 0 Å².